The molecular weight excluding hydrogens is 316 g/mol. The van der Waals surface area contributed by atoms with Crippen molar-refractivity contribution in [1.29, 1.82) is 0 Å². The van der Waals surface area contributed by atoms with Crippen molar-refractivity contribution >= 4 is 11.9 Å². The molecule has 1 aromatic rings. The van der Waals surface area contributed by atoms with Gasteiger partial charge < -0.3 is 9.47 Å². The first-order chi connectivity index (χ1) is 11.8. The van der Waals surface area contributed by atoms with E-state index < -0.39 is 11.9 Å². The Kier molecular flexibility index (Phi) is 6.40. The van der Waals surface area contributed by atoms with E-state index in [0.29, 0.717) is 17.8 Å². The Hall–Kier alpha value is -2.10. The summed E-state index contributed by atoms with van der Waals surface area (Å²) in [5.74, 6) is 0.600. The van der Waals surface area contributed by atoms with E-state index in [0.717, 1.165) is 12.8 Å². The van der Waals surface area contributed by atoms with E-state index >= 15 is 0 Å². The van der Waals surface area contributed by atoms with Gasteiger partial charge >= 0.3 is 11.9 Å². The van der Waals surface area contributed by atoms with Gasteiger partial charge in [0.2, 0.25) is 0 Å². The molecule has 0 aromatic heterocycles. The lowest BCUT2D eigenvalue weighted by atomic mass is 9.75. The third-order valence-electron chi connectivity index (χ3n) is 4.88. The van der Waals surface area contributed by atoms with E-state index in [1.54, 1.807) is 31.2 Å². The maximum atomic E-state index is 12.7. The minimum atomic E-state index is -0.549. The topological polar surface area (TPSA) is 52.6 Å². The summed E-state index contributed by atoms with van der Waals surface area (Å²) in [5, 5.41) is 0. The summed E-state index contributed by atoms with van der Waals surface area (Å²) < 4.78 is 11.1. The van der Waals surface area contributed by atoms with Gasteiger partial charge in [0, 0.05) is 5.57 Å². The molecular formula is C21H28O4. The maximum Gasteiger partial charge on any atom is 0.342 e. The van der Waals surface area contributed by atoms with Crippen molar-refractivity contribution in [3.05, 3.63) is 42.0 Å². The summed E-state index contributed by atoms with van der Waals surface area (Å²) in [6.45, 7) is 11.7. The molecule has 4 nitrogen and oxygen atoms in total. The summed E-state index contributed by atoms with van der Waals surface area (Å²) in [6, 6.07) is 6.68. The van der Waals surface area contributed by atoms with E-state index in [9.17, 15) is 9.59 Å². The lowest BCUT2D eigenvalue weighted by molar-refractivity contribution is -0.130. The molecule has 0 spiro atoms. The van der Waals surface area contributed by atoms with Crippen molar-refractivity contribution in [3.63, 3.8) is 0 Å². The number of carbonyl (C=O) groups excluding carboxylic acids is 2. The molecule has 2 rings (SSSR count). The number of rotatable bonds is 5. The number of hydrogen-bond donors (Lipinski definition) is 0. The van der Waals surface area contributed by atoms with E-state index in [4.69, 9.17) is 9.47 Å². The fourth-order valence-electron chi connectivity index (χ4n) is 3.36. The molecule has 0 heterocycles. The van der Waals surface area contributed by atoms with Gasteiger partial charge in [-0.1, -0.05) is 45.9 Å². The Morgan fingerprint density at radius 3 is 2.52 bits per heavy atom. The largest absolute Gasteiger partial charge is 0.458 e. The fourth-order valence-corrected chi connectivity index (χ4v) is 3.36. The van der Waals surface area contributed by atoms with Gasteiger partial charge in [-0.05, 0) is 49.7 Å². The zero-order valence-corrected chi connectivity index (χ0v) is 15.6. The van der Waals surface area contributed by atoms with Gasteiger partial charge in [-0.15, -0.1) is 0 Å². The zero-order chi connectivity index (χ0) is 18.6. The van der Waals surface area contributed by atoms with Gasteiger partial charge in [-0.2, -0.15) is 0 Å². The first-order valence-electron chi connectivity index (χ1n) is 8.97. The molecule has 0 aliphatic heterocycles. The molecule has 1 aliphatic carbocycles. The van der Waals surface area contributed by atoms with Crippen LogP contribution in [-0.2, 0) is 9.53 Å². The molecule has 0 bridgehead atoms. The van der Waals surface area contributed by atoms with Crippen molar-refractivity contribution in [2.45, 2.75) is 53.1 Å². The molecule has 0 amide bonds. The molecule has 1 aliphatic rings. The van der Waals surface area contributed by atoms with E-state index in [1.807, 2.05) is 0 Å². The van der Waals surface area contributed by atoms with Gasteiger partial charge in [-0.25, -0.2) is 9.59 Å². The Labute approximate surface area is 150 Å². The minimum Gasteiger partial charge on any atom is -0.458 e. The molecule has 0 saturated heterocycles. The highest BCUT2D eigenvalue weighted by Crippen LogP contribution is 2.36. The van der Waals surface area contributed by atoms with Gasteiger partial charge in [0.1, 0.15) is 17.4 Å². The van der Waals surface area contributed by atoms with Crippen LogP contribution < -0.4 is 4.74 Å². The van der Waals surface area contributed by atoms with Crippen LogP contribution >= 0.6 is 0 Å². The molecule has 1 saturated carbocycles. The van der Waals surface area contributed by atoms with Gasteiger partial charge in [-0.3, -0.25) is 0 Å². The van der Waals surface area contributed by atoms with Crippen LogP contribution in [0.25, 0.3) is 0 Å². The van der Waals surface area contributed by atoms with Crippen LogP contribution in [0.4, 0.5) is 0 Å². The molecule has 25 heavy (non-hydrogen) atoms. The standard InChI is InChI=1S/C21H28O4/c1-13(2)16-11-10-15(5)12-19(16)25-21(23)17-8-6-7-9-18(17)24-20(22)14(3)4/h6-9,13,15-16,19H,3,10-12H2,1-2,4-5H3. The average Bonchev–Trinajstić information content (AvgIpc) is 2.54. The van der Waals surface area contributed by atoms with Crippen LogP contribution in [0.15, 0.2) is 36.4 Å². The molecule has 3 unspecified atom stereocenters. The highest BCUT2D eigenvalue weighted by molar-refractivity contribution is 5.95. The van der Waals surface area contributed by atoms with Gasteiger partial charge in [0.15, 0.2) is 0 Å². The molecule has 1 fully saturated rings. The normalized spacial score (nSPS) is 23.2. The molecule has 4 heteroatoms. The Morgan fingerprint density at radius 1 is 1.20 bits per heavy atom. The smallest absolute Gasteiger partial charge is 0.342 e. The van der Waals surface area contributed by atoms with Crippen molar-refractivity contribution in [2.75, 3.05) is 0 Å². The SMILES string of the molecule is C=C(C)C(=O)Oc1ccccc1C(=O)OC1CC(C)CCC1C(C)C. The number of hydrogen-bond acceptors (Lipinski definition) is 4. The fraction of sp³-hybridized carbons (Fsp3) is 0.524. The Morgan fingerprint density at radius 2 is 1.88 bits per heavy atom. The summed E-state index contributed by atoms with van der Waals surface area (Å²) in [6.07, 6.45) is 3.02. The second kappa shape index (κ2) is 8.32. The summed E-state index contributed by atoms with van der Waals surface area (Å²) >= 11 is 0. The highest BCUT2D eigenvalue weighted by atomic mass is 16.6. The number of para-hydroxylation sites is 1. The van der Waals surface area contributed by atoms with E-state index in [2.05, 4.69) is 27.4 Å². The van der Waals surface area contributed by atoms with Crippen LogP contribution in [0, 0.1) is 17.8 Å². The Balaban J connectivity index is 2.17. The Bertz CT molecular complexity index is 647. The monoisotopic (exact) mass is 344 g/mol. The van der Waals surface area contributed by atoms with Crippen molar-refractivity contribution < 1.29 is 19.1 Å². The third-order valence-corrected chi connectivity index (χ3v) is 4.88. The number of benzene rings is 1. The van der Waals surface area contributed by atoms with Crippen LogP contribution in [0.3, 0.4) is 0 Å². The molecule has 0 N–H and O–H groups in total. The van der Waals surface area contributed by atoms with Crippen LogP contribution in [0.2, 0.25) is 0 Å². The predicted molar refractivity (Wildman–Crippen MR) is 97.4 cm³/mol. The van der Waals surface area contributed by atoms with Gasteiger partial charge in [0.25, 0.3) is 0 Å². The summed E-state index contributed by atoms with van der Waals surface area (Å²) in [4.78, 5) is 24.5. The number of carbonyl (C=O) groups is 2. The van der Waals surface area contributed by atoms with Crippen molar-refractivity contribution in [1.82, 2.24) is 0 Å². The lowest BCUT2D eigenvalue weighted by Gasteiger charge is -2.36. The second-order valence-corrected chi connectivity index (χ2v) is 7.44. The molecule has 3 atom stereocenters. The summed E-state index contributed by atoms with van der Waals surface area (Å²) in [5.41, 5.74) is 0.557. The number of esters is 2. The van der Waals surface area contributed by atoms with Gasteiger partial charge in [0.05, 0.1) is 0 Å². The third kappa shape index (κ3) is 4.94. The van der Waals surface area contributed by atoms with E-state index in [1.165, 1.54) is 6.42 Å². The van der Waals surface area contributed by atoms with E-state index in [-0.39, 0.29) is 23.0 Å². The van der Waals surface area contributed by atoms with Crippen LogP contribution in [0.1, 0.15) is 57.3 Å². The molecule has 1 aromatic carbocycles. The predicted octanol–water partition coefficient (Wildman–Crippen LogP) is 4.79. The maximum absolute atomic E-state index is 12.7. The van der Waals surface area contributed by atoms with Crippen molar-refractivity contribution in [3.8, 4) is 5.75 Å². The summed E-state index contributed by atoms with van der Waals surface area (Å²) in [7, 11) is 0. The number of ether oxygens (including phenoxy) is 2. The second-order valence-electron chi connectivity index (χ2n) is 7.44. The van der Waals surface area contributed by atoms with Crippen LogP contribution in [-0.4, -0.2) is 18.0 Å². The molecule has 0 radical (unpaired) electrons. The highest BCUT2D eigenvalue weighted by Gasteiger charge is 2.34. The van der Waals surface area contributed by atoms with Crippen LogP contribution in [0.5, 0.6) is 5.75 Å². The molecule has 136 valence electrons. The first kappa shape index (κ1) is 19.2. The van der Waals surface area contributed by atoms with Crippen molar-refractivity contribution in [2.24, 2.45) is 17.8 Å². The quantitative estimate of drug-likeness (QED) is 0.438. The first-order valence-corrected chi connectivity index (χ1v) is 8.97. The minimum absolute atomic E-state index is 0.0962. The zero-order valence-electron chi connectivity index (χ0n) is 15.6. The average molecular weight is 344 g/mol. The lowest BCUT2D eigenvalue weighted by Crippen LogP contribution is -2.36.